The second-order valence-corrected chi connectivity index (χ2v) is 11.2. The molecule has 174 valence electrons. The molecule has 2 N–H and O–H groups in total. The Balaban J connectivity index is 1.45. The number of nitrogens with zero attached hydrogens (tertiary/aromatic N) is 1. The lowest BCUT2D eigenvalue weighted by atomic mass is 9.57. The number of aliphatic hydroxyl groups excluding tert-OH is 1. The lowest BCUT2D eigenvalue weighted by Crippen LogP contribution is -2.57. The first-order valence-electron chi connectivity index (χ1n) is 12.4. The van der Waals surface area contributed by atoms with E-state index in [0.717, 1.165) is 49.9 Å². The van der Waals surface area contributed by atoms with Crippen molar-refractivity contribution < 1.29 is 19.7 Å². The molecule has 0 aromatic carbocycles. The third-order valence-electron chi connectivity index (χ3n) is 8.72. The number of rotatable bonds is 5. The van der Waals surface area contributed by atoms with Crippen LogP contribution in [0.15, 0.2) is 11.6 Å². The number of carbonyl (C=O) groups is 1. The fourth-order valence-electron chi connectivity index (χ4n) is 7.25. The zero-order valence-corrected chi connectivity index (χ0v) is 19.7. The number of likely N-dealkylation sites (tertiary alicyclic amines) is 1. The lowest BCUT2D eigenvalue weighted by Gasteiger charge is -2.53. The molecule has 2 saturated carbocycles. The van der Waals surface area contributed by atoms with E-state index in [0.29, 0.717) is 24.4 Å². The van der Waals surface area contributed by atoms with Crippen molar-refractivity contribution >= 4 is 5.97 Å². The SMILES string of the molecule is CC(=O)O[C@@H]1[C][C@@]2(O)[C@H](C)CC[C@@H]([C@H](C)CN3CC4CC(CO)CC(C4)C3)[C@H]2C=C1C. The predicted octanol–water partition coefficient (Wildman–Crippen LogP) is 3.33. The summed E-state index contributed by atoms with van der Waals surface area (Å²) in [5.41, 5.74) is -0.0532. The summed E-state index contributed by atoms with van der Waals surface area (Å²) >= 11 is 0. The fraction of sp³-hybridized carbons (Fsp3) is 0.846. The van der Waals surface area contributed by atoms with Crippen LogP contribution in [0, 0.1) is 47.8 Å². The number of fused-ring (bicyclic) bond motifs is 3. The zero-order valence-electron chi connectivity index (χ0n) is 19.7. The number of esters is 1. The molecule has 1 saturated heterocycles. The van der Waals surface area contributed by atoms with Gasteiger partial charge in [0.15, 0.2) is 0 Å². The Morgan fingerprint density at radius 1 is 1.29 bits per heavy atom. The number of aliphatic hydroxyl groups is 2. The van der Waals surface area contributed by atoms with E-state index in [1.165, 1.54) is 26.2 Å². The molecule has 0 amide bonds. The molecule has 1 heterocycles. The van der Waals surface area contributed by atoms with Crippen LogP contribution in [0.5, 0.6) is 0 Å². The van der Waals surface area contributed by atoms with E-state index in [1.54, 1.807) is 0 Å². The maximum atomic E-state index is 11.7. The molecule has 0 aromatic heterocycles. The lowest BCUT2D eigenvalue weighted by molar-refractivity contribution is -0.148. The van der Waals surface area contributed by atoms with Gasteiger partial charge in [0.05, 0.1) is 12.0 Å². The Bertz CT molecular complexity index is 679. The van der Waals surface area contributed by atoms with Crippen molar-refractivity contribution in [2.45, 2.75) is 71.5 Å². The van der Waals surface area contributed by atoms with Gasteiger partial charge in [-0.2, -0.15) is 0 Å². The van der Waals surface area contributed by atoms with Crippen molar-refractivity contribution in [2.75, 3.05) is 26.2 Å². The first kappa shape index (κ1) is 23.3. The Hall–Kier alpha value is -0.910. The quantitative estimate of drug-likeness (QED) is 0.516. The van der Waals surface area contributed by atoms with Gasteiger partial charge in [0.2, 0.25) is 0 Å². The van der Waals surface area contributed by atoms with Crippen LogP contribution in [0.1, 0.15) is 59.8 Å². The fourth-order valence-corrected chi connectivity index (χ4v) is 7.25. The summed E-state index contributed by atoms with van der Waals surface area (Å²) in [5, 5.41) is 21.3. The predicted molar refractivity (Wildman–Crippen MR) is 120 cm³/mol. The van der Waals surface area contributed by atoms with Crippen LogP contribution in [-0.4, -0.2) is 59.0 Å². The van der Waals surface area contributed by atoms with Crippen molar-refractivity contribution in [2.24, 2.45) is 41.4 Å². The summed E-state index contributed by atoms with van der Waals surface area (Å²) in [6, 6.07) is 0. The molecule has 4 rings (SSSR count). The monoisotopic (exact) mass is 431 g/mol. The van der Waals surface area contributed by atoms with Gasteiger partial charge in [0.25, 0.3) is 0 Å². The molecule has 5 heteroatoms. The third-order valence-corrected chi connectivity index (χ3v) is 8.72. The minimum atomic E-state index is -1.04. The van der Waals surface area contributed by atoms with E-state index in [9.17, 15) is 15.0 Å². The average molecular weight is 432 g/mol. The molecule has 3 aliphatic carbocycles. The van der Waals surface area contributed by atoms with Gasteiger partial charge in [-0.15, -0.1) is 0 Å². The maximum Gasteiger partial charge on any atom is 0.303 e. The highest BCUT2D eigenvalue weighted by molar-refractivity contribution is 5.66. The Morgan fingerprint density at radius 2 is 1.97 bits per heavy atom. The number of hydrogen-bond donors (Lipinski definition) is 2. The Morgan fingerprint density at radius 3 is 2.58 bits per heavy atom. The summed E-state index contributed by atoms with van der Waals surface area (Å²) in [6.07, 6.45) is 10.7. The van der Waals surface area contributed by atoms with Crippen molar-refractivity contribution in [1.29, 1.82) is 0 Å². The van der Waals surface area contributed by atoms with Crippen molar-refractivity contribution in [3.8, 4) is 0 Å². The van der Waals surface area contributed by atoms with Gasteiger partial charge in [-0.3, -0.25) is 4.79 Å². The first-order valence-corrected chi connectivity index (χ1v) is 12.4. The molecule has 0 aromatic rings. The smallest absolute Gasteiger partial charge is 0.303 e. The van der Waals surface area contributed by atoms with E-state index >= 15 is 0 Å². The number of hydrogen-bond acceptors (Lipinski definition) is 5. The minimum absolute atomic E-state index is 0.0288. The molecule has 4 aliphatic rings. The molecular weight excluding hydrogens is 390 g/mol. The van der Waals surface area contributed by atoms with E-state index < -0.39 is 11.7 Å². The van der Waals surface area contributed by atoms with Crippen molar-refractivity contribution in [3.05, 3.63) is 18.1 Å². The molecule has 0 spiro atoms. The topological polar surface area (TPSA) is 70.0 Å². The van der Waals surface area contributed by atoms with E-state index in [4.69, 9.17) is 4.74 Å². The second kappa shape index (κ2) is 9.15. The van der Waals surface area contributed by atoms with Gasteiger partial charge in [0, 0.05) is 39.1 Å². The van der Waals surface area contributed by atoms with Crippen LogP contribution in [0.25, 0.3) is 0 Å². The van der Waals surface area contributed by atoms with Crippen molar-refractivity contribution in [1.82, 2.24) is 4.90 Å². The van der Waals surface area contributed by atoms with Crippen LogP contribution >= 0.6 is 0 Å². The summed E-state index contributed by atoms with van der Waals surface area (Å²) in [7, 11) is 0. The molecule has 31 heavy (non-hydrogen) atoms. The standard InChI is InChI=1S/C26H41NO4/c1-16-7-24-23(6-5-18(3)26(24,30)11-25(16)31-19(4)29)17(2)12-27-13-20-8-21(14-27)10-22(9-20)15-28/h7,17-18,20-25,28,30H,5-6,8-10,12-15H2,1-4H3/t17-,18-,20?,21?,22?,23+,24-,25-,26-/m1/s1. The van der Waals surface area contributed by atoms with Gasteiger partial charge in [0.1, 0.15) is 6.10 Å². The number of carbonyl (C=O) groups excluding carboxylic acids is 1. The summed E-state index contributed by atoms with van der Waals surface area (Å²) in [4.78, 5) is 14.2. The second-order valence-electron chi connectivity index (χ2n) is 11.2. The largest absolute Gasteiger partial charge is 0.457 e. The summed E-state index contributed by atoms with van der Waals surface area (Å²) in [5.74, 6) is 2.63. The molecule has 1 aliphatic heterocycles. The first-order chi connectivity index (χ1) is 14.7. The van der Waals surface area contributed by atoms with Gasteiger partial charge < -0.3 is 19.8 Å². The highest BCUT2D eigenvalue weighted by atomic mass is 16.5. The Kier molecular flexibility index (Phi) is 6.86. The Labute approximate surface area is 188 Å². The summed E-state index contributed by atoms with van der Waals surface area (Å²) in [6.45, 7) is 11.6. The number of ether oxygens (including phenoxy) is 1. The van der Waals surface area contributed by atoms with Crippen LogP contribution in [0.4, 0.5) is 0 Å². The van der Waals surface area contributed by atoms with Gasteiger partial charge in [-0.25, -0.2) is 0 Å². The summed E-state index contributed by atoms with van der Waals surface area (Å²) < 4.78 is 5.44. The van der Waals surface area contributed by atoms with Gasteiger partial charge >= 0.3 is 5.97 Å². The minimum Gasteiger partial charge on any atom is -0.457 e. The average Bonchev–Trinajstić information content (AvgIpc) is 2.69. The van der Waals surface area contributed by atoms with Crippen LogP contribution in [0.3, 0.4) is 0 Å². The van der Waals surface area contributed by atoms with Crippen LogP contribution < -0.4 is 0 Å². The van der Waals surface area contributed by atoms with E-state index in [2.05, 4.69) is 31.2 Å². The molecule has 2 bridgehead atoms. The normalized spacial score (nSPS) is 44.2. The molecule has 2 radical (unpaired) electrons. The third kappa shape index (κ3) is 4.74. The highest BCUT2D eigenvalue weighted by Gasteiger charge is 2.53. The van der Waals surface area contributed by atoms with Crippen LogP contribution in [-0.2, 0) is 9.53 Å². The van der Waals surface area contributed by atoms with Gasteiger partial charge in [-0.05, 0) is 80.1 Å². The molecule has 2 unspecified atom stereocenters. The molecule has 8 atom stereocenters. The zero-order chi connectivity index (χ0) is 22.3. The van der Waals surface area contributed by atoms with Crippen LogP contribution in [0.2, 0.25) is 0 Å². The molecule has 3 fully saturated rings. The molecular formula is C26H41NO4. The molecule has 5 nitrogen and oxygen atoms in total. The highest BCUT2D eigenvalue weighted by Crippen LogP contribution is 2.51. The van der Waals surface area contributed by atoms with Gasteiger partial charge in [-0.1, -0.05) is 19.9 Å². The van der Waals surface area contributed by atoms with E-state index in [1.807, 2.05) is 6.92 Å². The van der Waals surface area contributed by atoms with Crippen molar-refractivity contribution in [3.63, 3.8) is 0 Å². The van der Waals surface area contributed by atoms with E-state index in [-0.39, 0.29) is 17.8 Å². The number of piperidine rings is 1. The maximum absolute atomic E-state index is 11.7.